The first-order chi connectivity index (χ1) is 28.9. The number of phenols is 2. The molecular weight excluding hydrogens is 871 g/mol. The Morgan fingerprint density at radius 1 is 0.532 bits per heavy atom. The van der Waals surface area contributed by atoms with Crippen molar-refractivity contribution in [2.75, 3.05) is 19.8 Å². The molecule has 0 heterocycles. The summed E-state index contributed by atoms with van der Waals surface area (Å²) in [6, 6.07) is 13.0. The monoisotopic (exact) mass is 953 g/mol. The SMILES string of the molecule is CC(C)(C)c1ccc(O)c(C(=N[C@@H]2CCCC[C@H]2N=C(c2cc(C(C)(C)C)ccc2O)C23CC4CC(CC(C4)C2)C3)C23CC4CC(CC(C4)C2)C3)c1.CC[O-].CC[O-].CC[O-].[In+3]. The van der Waals surface area contributed by atoms with Gasteiger partial charge in [-0.15, -0.1) is 19.8 Å². The van der Waals surface area contributed by atoms with Crippen LogP contribution in [0.4, 0.5) is 0 Å². The zero-order valence-electron chi connectivity index (χ0n) is 40.1. The van der Waals surface area contributed by atoms with Crippen LogP contribution in [0.3, 0.4) is 0 Å². The summed E-state index contributed by atoms with van der Waals surface area (Å²) in [5.41, 5.74) is 7.06. The Kier molecular flexibility index (Phi) is 17.5. The molecule has 8 bridgehead atoms. The molecule has 9 saturated carbocycles. The van der Waals surface area contributed by atoms with E-state index in [4.69, 9.17) is 25.3 Å². The molecule has 2 aromatic rings. The third-order valence-electron chi connectivity index (χ3n) is 15.6. The molecule has 0 radical (unpaired) electrons. The minimum Gasteiger partial charge on any atom is -0.855 e. The van der Waals surface area contributed by atoms with Crippen molar-refractivity contribution < 1.29 is 25.5 Å². The summed E-state index contributed by atoms with van der Waals surface area (Å²) in [6.45, 7) is 18.4. The zero-order valence-corrected chi connectivity index (χ0v) is 43.4. The maximum Gasteiger partial charge on any atom is 3.00 e. The van der Waals surface area contributed by atoms with E-state index in [2.05, 4.69) is 65.8 Å². The topological polar surface area (TPSA) is 134 Å². The van der Waals surface area contributed by atoms with Crippen LogP contribution >= 0.6 is 0 Å². The van der Waals surface area contributed by atoms with Crippen LogP contribution in [0, 0.1) is 46.3 Å². The summed E-state index contributed by atoms with van der Waals surface area (Å²) in [5.74, 6) is 5.58. The molecule has 9 fully saturated rings. The summed E-state index contributed by atoms with van der Waals surface area (Å²) >= 11 is 0. The largest absolute Gasteiger partial charge is 3.00 e. The Morgan fingerprint density at radius 2 is 0.790 bits per heavy atom. The molecule has 62 heavy (non-hydrogen) atoms. The Hall–Kier alpha value is -1.87. The molecule has 0 aliphatic heterocycles. The van der Waals surface area contributed by atoms with Crippen molar-refractivity contribution in [3.05, 3.63) is 58.7 Å². The van der Waals surface area contributed by atoms with Gasteiger partial charge in [0.05, 0.1) is 23.5 Å². The summed E-state index contributed by atoms with van der Waals surface area (Å²) < 4.78 is 0. The molecule has 340 valence electrons. The number of aliphatic imine (C=N–C) groups is 2. The number of hydrogen-bond acceptors (Lipinski definition) is 7. The normalized spacial score (nSPS) is 33.3. The molecule has 0 saturated heterocycles. The maximum atomic E-state index is 11.7. The molecule has 7 nitrogen and oxygen atoms in total. The predicted octanol–water partition coefficient (Wildman–Crippen LogP) is 9.43. The van der Waals surface area contributed by atoms with Gasteiger partial charge in [-0.05, 0) is 172 Å². The number of nitrogens with zero attached hydrogens (tertiary/aromatic N) is 2. The van der Waals surface area contributed by atoms with Gasteiger partial charge >= 0.3 is 25.8 Å². The van der Waals surface area contributed by atoms with Crippen LogP contribution in [0.25, 0.3) is 0 Å². The Labute approximate surface area is 394 Å². The van der Waals surface area contributed by atoms with E-state index >= 15 is 0 Å². The van der Waals surface area contributed by atoms with Gasteiger partial charge in [-0.25, -0.2) is 0 Å². The third-order valence-corrected chi connectivity index (χ3v) is 15.6. The van der Waals surface area contributed by atoms with E-state index < -0.39 is 0 Å². The molecule has 0 unspecified atom stereocenters. The average Bonchev–Trinajstić information content (AvgIpc) is 3.16. The van der Waals surface area contributed by atoms with Gasteiger partial charge in [-0.3, -0.25) is 9.98 Å². The molecule has 8 heteroatoms. The fourth-order valence-electron chi connectivity index (χ4n) is 13.9. The minimum absolute atomic E-state index is 0. The van der Waals surface area contributed by atoms with Crippen molar-refractivity contribution in [2.45, 2.75) is 188 Å². The Balaban J connectivity index is 0.000000671. The van der Waals surface area contributed by atoms with Gasteiger partial charge in [-0.1, -0.05) is 87.3 Å². The van der Waals surface area contributed by atoms with E-state index in [1.807, 2.05) is 12.1 Å². The van der Waals surface area contributed by atoms with Crippen molar-refractivity contribution in [2.24, 2.45) is 56.3 Å². The Bertz CT molecular complexity index is 1630. The molecule has 9 aliphatic carbocycles. The van der Waals surface area contributed by atoms with Crippen molar-refractivity contribution in [1.82, 2.24) is 0 Å². The van der Waals surface area contributed by atoms with E-state index in [9.17, 15) is 10.2 Å². The average molecular weight is 953 g/mol. The Morgan fingerprint density at radius 3 is 1.03 bits per heavy atom. The summed E-state index contributed by atoms with van der Waals surface area (Å²) in [6.07, 6.45) is 20.2. The smallest absolute Gasteiger partial charge is 0.855 e. The second kappa shape index (κ2) is 21.2. The molecule has 0 amide bonds. The fourth-order valence-corrected chi connectivity index (χ4v) is 13.9. The van der Waals surface area contributed by atoms with Crippen molar-refractivity contribution >= 4 is 37.3 Å². The molecule has 11 rings (SSSR count). The van der Waals surface area contributed by atoms with E-state index in [-0.39, 0.29) is 79.4 Å². The number of hydrogen-bond donors (Lipinski definition) is 2. The van der Waals surface area contributed by atoms with E-state index in [0.717, 1.165) is 59.5 Å². The number of rotatable bonds is 6. The molecule has 2 N–H and O–H groups in total. The van der Waals surface area contributed by atoms with Crippen LogP contribution in [0.1, 0.15) is 187 Å². The second-order valence-electron chi connectivity index (χ2n) is 22.6. The van der Waals surface area contributed by atoms with Crippen molar-refractivity contribution in [1.29, 1.82) is 0 Å². The first kappa shape index (κ1) is 51.1. The standard InChI is InChI=1S/C48H66N2O2.3C2H5O.In/c1-45(2,3)35-11-13-41(51)37(21-35)43(47-23-29-15-30(24-47)17-31(16-29)25-47)49-39-9-7-8-10-40(39)50-44(38-22-36(46(4,5)6)12-14-42(38)52)48-26-32-18-33(27-48)20-34(19-32)28-48;3*1-2-3;/h11-14,21-22,29-34,39-40,51-52H,7-10,15-20,23-28H2,1-6H3;3*2H2,1H3;/q;3*-1;+3/t29?,30?,31?,32?,33?,34?,39-,40-,47?,48?;;;;/m1..../s1. The maximum absolute atomic E-state index is 11.7. The third kappa shape index (κ3) is 11.4. The summed E-state index contributed by atoms with van der Waals surface area (Å²) in [5, 5.41) is 50.3. The molecular formula is C54H81InN2O5. The van der Waals surface area contributed by atoms with Gasteiger partial charge in [0.15, 0.2) is 0 Å². The van der Waals surface area contributed by atoms with Gasteiger partial charge in [0.25, 0.3) is 0 Å². The van der Waals surface area contributed by atoms with Gasteiger partial charge < -0.3 is 25.5 Å². The van der Waals surface area contributed by atoms with Crippen LogP contribution in [0.15, 0.2) is 46.4 Å². The predicted molar refractivity (Wildman–Crippen MR) is 251 cm³/mol. The van der Waals surface area contributed by atoms with Gasteiger partial charge in [-0.2, -0.15) is 0 Å². The zero-order chi connectivity index (χ0) is 44.3. The first-order valence-electron chi connectivity index (χ1n) is 24.5. The quantitative estimate of drug-likeness (QED) is 0.279. The van der Waals surface area contributed by atoms with E-state index in [0.29, 0.717) is 11.5 Å². The molecule has 2 atom stereocenters. The number of benzene rings is 2. The molecule has 9 aliphatic rings. The molecule has 0 aromatic heterocycles. The first-order valence-corrected chi connectivity index (χ1v) is 24.5. The van der Waals surface area contributed by atoms with E-state index in [1.54, 1.807) is 20.8 Å². The van der Waals surface area contributed by atoms with Crippen LogP contribution in [0.5, 0.6) is 11.5 Å². The van der Waals surface area contributed by atoms with Gasteiger partial charge in [0.1, 0.15) is 11.5 Å². The van der Waals surface area contributed by atoms with Gasteiger partial charge in [0, 0.05) is 22.0 Å². The van der Waals surface area contributed by atoms with Crippen LogP contribution < -0.4 is 15.3 Å². The minimum atomic E-state index is -0.0109. The van der Waals surface area contributed by atoms with Crippen LogP contribution in [-0.4, -0.2) is 79.4 Å². The van der Waals surface area contributed by atoms with Gasteiger partial charge in [0.2, 0.25) is 0 Å². The summed E-state index contributed by atoms with van der Waals surface area (Å²) in [7, 11) is 0. The van der Waals surface area contributed by atoms with E-state index in [1.165, 1.54) is 112 Å². The second-order valence-corrected chi connectivity index (χ2v) is 22.6. The molecule has 2 aromatic carbocycles. The fraction of sp³-hybridized carbons (Fsp3) is 0.741. The van der Waals surface area contributed by atoms with Crippen molar-refractivity contribution in [3.63, 3.8) is 0 Å². The molecule has 0 spiro atoms. The van der Waals surface area contributed by atoms with Crippen LogP contribution in [0.2, 0.25) is 0 Å². The summed E-state index contributed by atoms with van der Waals surface area (Å²) in [4.78, 5) is 12.0. The number of aromatic hydroxyl groups is 2. The van der Waals surface area contributed by atoms with Crippen LogP contribution in [-0.2, 0) is 10.8 Å². The number of phenolic OH excluding ortho intramolecular Hbond substituents is 2. The van der Waals surface area contributed by atoms with Crippen molar-refractivity contribution in [3.8, 4) is 11.5 Å².